The van der Waals surface area contributed by atoms with Gasteiger partial charge in [-0.05, 0) is 70.3 Å². The first-order chi connectivity index (χ1) is 11.7. The number of ether oxygens (including phenoxy) is 1. The third-order valence-corrected chi connectivity index (χ3v) is 5.95. The minimum Gasteiger partial charge on any atom is -0.458 e. The maximum Gasteiger partial charge on any atom is 0.303 e. The van der Waals surface area contributed by atoms with Crippen LogP contribution < -0.4 is 0 Å². The number of carbonyl (C=O) groups excluding carboxylic acids is 1. The van der Waals surface area contributed by atoms with Crippen LogP contribution in [0.2, 0.25) is 0 Å². The number of esters is 1. The van der Waals surface area contributed by atoms with E-state index in [0.717, 1.165) is 31.3 Å². The molecule has 0 aromatic carbocycles. The largest absolute Gasteiger partial charge is 0.458 e. The molecule has 1 N–H and O–H groups in total. The van der Waals surface area contributed by atoms with Crippen LogP contribution in [0, 0.1) is 23.7 Å². The Morgan fingerprint density at radius 3 is 2.72 bits per heavy atom. The number of rotatable bonds is 5. The quantitative estimate of drug-likeness (QED) is 0.573. The highest BCUT2D eigenvalue weighted by Gasteiger charge is 2.42. The molecule has 2 rings (SSSR count). The standard InChI is InChI=1S/C22H34O3/c1-13(2)11-18(25-17(6)23)12-16(5)20-10-7-14(3)19-9-8-15(4)21(19)22(20)24/h8,11,16,18-22,24H,3,7,9-10,12H2,1-2,4-6H3. The summed E-state index contributed by atoms with van der Waals surface area (Å²) in [7, 11) is 0. The molecule has 0 aromatic heterocycles. The zero-order valence-corrected chi connectivity index (χ0v) is 16.4. The van der Waals surface area contributed by atoms with Gasteiger partial charge in [0, 0.05) is 12.8 Å². The van der Waals surface area contributed by atoms with Gasteiger partial charge in [0.05, 0.1) is 6.10 Å². The van der Waals surface area contributed by atoms with E-state index in [0.29, 0.717) is 5.92 Å². The summed E-state index contributed by atoms with van der Waals surface area (Å²) < 4.78 is 5.49. The lowest BCUT2D eigenvalue weighted by Crippen LogP contribution is -2.35. The summed E-state index contributed by atoms with van der Waals surface area (Å²) >= 11 is 0. The Labute approximate surface area is 152 Å². The van der Waals surface area contributed by atoms with Gasteiger partial charge in [-0.3, -0.25) is 4.79 Å². The minimum absolute atomic E-state index is 0.205. The molecule has 3 nitrogen and oxygen atoms in total. The highest BCUT2D eigenvalue weighted by molar-refractivity contribution is 5.66. The van der Waals surface area contributed by atoms with E-state index in [1.807, 2.05) is 19.9 Å². The molecule has 140 valence electrons. The Morgan fingerprint density at radius 2 is 2.12 bits per heavy atom. The molecule has 2 aliphatic carbocycles. The minimum atomic E-state index is -0.345. The predicted octanol–water partition coefficient (Wildman–Crippen LogP) is 4.82. The summed E-state index contributed by atoms with van der Waals surface area (Å²) in [6.07, 6.45) is 7.43. The zero-order chi connectivity index (χ0) is 18.7. The second-order valence-electron chi connectivity index (χ2n) is 8.27. The Bertz CT molecular complexity index is 568. The van der Waals surface area contributed by atoms with Crippen LogP contribution in [0.1, 0.15) is 60.3 Å². The molecule has 1 fully saturated rings. The lowest BCUT2D eigenvalue weighted by atomic mass is 9.76. The highest BCUT2D eigenvalue weighted by atomic mass is 16.5. The van der Waals surface area contributed by atoms with Crippen molar-refractivity contribution in [3.63, 3.8) is 0 Å². The molecule has 0 radical (unpaired) electrons. The third kappa shape index (κ3) is 4.84. The van der Waals surface area contributed by atoms with E-state index in [1.165, 1.54) is 18.1 Å². The number of aliphatic hydroxyl groups excluding tert-OH is 1. The average Bonchev–Trinajstić information content (AvgIpc) is 2.81. The van der Waals surface area contributed by atoms with E-state index >= 15 is 0 Å². The highest BCUT2D eigenvalue weighted by Crippen LogP contribution is 2.47. The Balaban J connectivity index is 2.14. The van der Waals surface area contributed by atoms with Gasteiger partial charge in [0.25, 0.3) is 0 Å². The van der Waals surface area contributed by atoms with E-state index in [4.69, 9.17) is 4.74 Å². The third-order valence-electron chi connectivity index (χ3n) is 5.95. The van der Waals surface area contributed by atoms with Gasteiger partial charge < -0.3 is 9.84 Å². The van der Waals surface area contributed by atoms with Crippen LogP contribution >= 0.6 is 0 Å². The Kier molecular flexibility index (Phi) is 6.67. The summed E-state index contributed by atoms with van der Waals surface area (Å²) in [6, 6.07) is 0. The van der Waals surface area contributed by atoms with Crippen LogP contribution in [0.3, 0.4) is 0 Å². The fraction of sp³-hybridized carbons (Fsp3) is 0.682. The molecule has 3 heteroatoms. The Morgan fingerprint density at radius 1 is 1.44 bits per heavy atom. The van der Waals surface area contributed by atoms with Gasteiger partial charge in [0.1, 0.15) is 6.10 Å². The normalized spacial score (nSPS) is 31.4. The van der Waals surface area contributed by atoms with Crippen molar-refractivity contribution < 1.29 is 14.6 Å². The molecule has 0 spiro atoms. The van der Waals surface area contributed by atoms with E-state index in [9.17, 15) is 9.90 Å². The Hall–Kier alpha value is -1.35. The first-order valence-corrected chi connectivity index (χ1v) is 9.55. The van der Waals surface area contributed by atoms with Crippen LogP contribution in [0.4, 0.5) is 0 Å². The molecular weight excluding hydrogens is 312 g/mol. The summed E-state index contributed by atoms with van der Waals surface area (Å²) in [6.45, 7) is 14.1. The molecule has 2 aliphatic rings. The van der Waals surface area contributed by atoms with E-state index < -0.39 is 0 Å². The van der Waals surface area contributed by atoms with Crippen molar-refractivity contribution in [2.75, 3.05) is 0 Å². The lowest BCUT2D eigenvalue weighted by molar-refractivity contribution is -0.145. The maximum atomic E-state index is 11.4. The van der Waals surface area contributed by atoms with Gasteiger partial charge in [-0.25, -0.2) is 0 Å². The van der Waals surface area contributed by atoms with Gasteiger partial charge in [-0.1, -0.05) is 36.3 Å². The number of allylic oxidation sites excluding steroid dienone is 3. The molecule has 0 heterocycles. The monoisotopic (exact) mass is 346 g/mol. The molecule has 0 bridgehead atoms. The SMILES string of the molecule is C=C1CCC(C(C)CC(C=C(C)C)OC(C)=O)C(O)C2C(C)=CCC12. The lowest BCUT2D eigenvalue weighted by Gasteiger charge is -2.33. The maximum absolute atomic E-state index is 11.4. The summed E-state index contributed by atoms with van der Waals surface area (Å²) in [5, 5.41) is 11.1. The molecule has 0 aliphatic heterocycles. The number of hydrogen-bond acceptors (Lipinski definition) is 3. The number of aliphatic hydroxyl groups is 1. The van der Waals surface area contributed by atoms with Crippen LogP contribution in [-0.2, 0) is 9.53 Å². The van der Waals surface area contributed by atoms with E-state index in [1.54, 1.807) is 0 Å². The van der Waals surface area contributed by atoms with Crippen molar-refractivity contribution in [2.24, 2.45) is 23.7 Å². The van der Waals surface area contributed by atoms with Gasteiger partial charge in [-0.2, -0.15) is 0 Å². The number of carbonyl (C=O) groups is 1. The van der Waals surface area contributed by atoms with Gasteiger partial charge >= 0.3 is 5.97 Å². The smallest absolute Gasteiger partial charge is 0.303 e. The van der Waals surface area contributed by atoms with Gasteiger partial charge in [-0.15, -0.1) is 0 Å². The number of hydrogen-bond donors (Lipinski definition) is 1. The molecule has 0 saturated heterocycles. The molecule has 25 heavy (non-hydrogen) atoms. The molecular formula is C22H34O3. The van der Waals surface area contributed by atoms with E-state index in [2.05, 4.69) is 26.5 Å². The molecule has 0 aromatic rings. The van der Waals surface area contributed by atoms with Crippen LogP contribution in [0.25, 0.3) is 0 Å². The first kappa shape index (κ1) is 20.0. The predicted molar refractivity (Wildman–Crippen MR) is 102 cm³/mol. The second kappa shape index (κ2) is 8.35. The summed E-state index contributed by atoms with van der Waals surface area (Å²) in [5.41, 5.74) is 3.73. The van der Waals surface area contributed by atoms with Crippen LogP contribution in [0.15, 0.2) is 35.5 Å². The molecule has 6 atom stereocenters. The topological polar surface area (TPSA) is 46.5 Å². The van der Waals surface area contributed by atoms with Crippen molar-refractivity contribution in [1.82, 2.24) is 0 Å². The molecule has 6 unspecified atom stereocenters. The number of fused-ring (bicyclic) bond motifs is 1. The second-order valence-corrected chi connectivity index (χ2v) is 8.27. The van der Waals surface area contributed by atoms with Crippen molar-refractivity contribution in [3.05, 3.63) is 35.5 Å². The molecule has 0 amide bonds. The van der Waals surface area contributed by atoms with Gasteiger partial charge in [0.15, 0.2) is 0 Å². The fourth-order valence-corrected chi connectivity index (χ4v) is 4.71. The van der Waals surface area contributed by atoms with Crippen molar-refractivity contribution in [2.45, 2.75) is 72.5 Å². The fourth-order valence-electron chi connectivity index (χ4n) is 4.71. The van der Waals surface area contributed by atoms with Crippen molar-refractivity contribution in [3.8, 4) is 0 Å². The van der Waals surface area contributed by atoms with Crippen LogP contribution in [0.5, 0.6) is 0 Å². The van der Waals surface area contributed by atoms with Crippen LogP contribution in [-0.4, -0.2) is 23.3 Å². The summed E-state index contributed by atoms with van der Waals surface area (Å²) in [4.78, 5) is 11.4. The van der Waals surface area contributed by atoms with E-state index in [-0.39, 0.29) is 35.9 Å². The summed E-state index contributed by atoms with van der Waals surface area (Å²) in [5.74, 6) is 0.832. The molecule has 1 saturated carbocycles. The average molecular weight is 347 g/mol. The van der Waals surface area contributed by atoms with Crippen molar-refractivity contribution in [1.29, 1.82) is 0 Å². The zero-order valence-electron chi connectivity index (χ0n) is 16.4. The first-order valence-electron chi connectivity index (χ1n) is 9.55. The van der Waals surface area contributed by atoms with Gasteiger partial charge in [0.2, 0.25) is 0 Å². The van der Waals surface area contributed by atoms with Crippen molar-refractivity contribution >= 4 is 5.97 Å².